The van der Waals surface area contributed by atoms with Gasteiger partial charge >= 0.3 is 0 Å². The van der Waals surface area contributed by atoms with Gasteiger partial charge in [-0.15, -0.1) is 0 Å². The highest BCUT2D eigenvalue weighted by molar-refractivity contribution is 8.14. The average molecular weight is 298 g/mol. The molecule has 1 heterocycles. The van der Waals surface area contributed by atoms with Gasteiger partial charge in [0.05, 0.1) is 16.0 Å². The van der Waals surface area contributed by atoms with Crippen molar-refractivity contribution in [1.29, 1.82) is 0 Å². The Bertz CT molecular complexity index is 493. The first kappa shape index (κ1) is 14.2. The first-order valence-electron chi connectivity index (χ1n) is 6.26. The van der Waals surface area contributed by atoms with Gasteiger partial charge in [-0.3, -0.25) is 15.5 Å². The number of hydrogen-bond acceptors (Lipinski definition) is 4. The number of unbranched alkanes of at least 4 members (excludes halogenated alkanes) is 1. The fourth-order valence-corrected chi connectivity index (χ4v) is 2.84. The predicted molar refractivity (Wildman–Crippen MR) is 80.4 cm³/mol. The summed E-state index contributed by atoms with van der Waals surface area (Å²) in [4.78, 5) is 12.0. The van der Waals surface area contributed by atoms with E-state index in [1.54, 1.807) is 36.0 Å². The Morgan fingerprint density at radius 3 is 3.05 bits per heavy atom. The summed E-state index contributed by atoms with van der Waals surface area (Å²) in [6.45, 7) is 2.15. The lowest BCUT2D eigenvalue weighted by Gasteiger charge is -2.08. The number of nitrogens with zero attached hydrogens (tertiary/aromatic N) is 1. The zero-order chi connectivity index (χ0) is 13.7. The molecule has 2 rings (SSSR count). The van der Waals surface area contributed by atoms with E-state index in [-0.39, 0.29) is 11.3 Å². The Hall–Kier alpha value is -1.20. The molecule has 1 aromatic rings. The van der Waals surface area contributed by atoms with Gasteiger partial charge in [-0.1, -0.05) is 55.3 Å². The first-order valence-corrected chi connectivity index (χ1v) is 7.52. The smallest absolute Gasteiger partial charge is 0.258 e. The summed E-state index contributed by atoms with van der Waals surface area (Å²) in [6.07, 6.45) is 3.34. The van der Waals surface area contributed by atoms with Crippen molar-refractivity contribution in [3.63, 3.8) is 0 Å². The zero-order valence-corrected chi connectivity index (χ0v) is 12.2. The first-order chi connectivity index (χ1) is 9.20. The number of rotatable bonds is 4. The molecule has 0 aliphatic carbocycles. The molecule has 19 heavy (non-hydrogen) atoms. The number of thioether (sulfide) groups is 1. The van der Waals surface area contributed by atoms with Crippen molar-refractivity contribution in [1.82, 2.24) is 10.7 Å². The second kappa shape index (κ2) is 6.82. The number of amidine groups is 1. The molecule has 102 valence electrons. The van der Waals surface area contributed by atoms with Crippen LogP contribution in [0, 0.1) is 0 Å². The maximum absolute atomic E-state index is 12.0. The summed E-state index contributed by atoms with van der Waals surface area (Å²) in [5.41, 5.74) is 3.48. The number of hydrazone groups is 1. The van der Waals surface area contributed by atoms with Crippen molar-refractivity contribution in [2.24, 2.45) is 5.10 Å². The number of hydrogen-bond donors (Lipinski definition) is 2. The molecule has 0 saturated carbocycles. The Balaban J connectivity index is 1.89. The predicted octanol–water partition coefficient (Wildman–Crippen LogP) is 3.19. The molecule has 0 fully saturated rings. The van der Waals surface area contributed by atoms with Crippen LogP contribution in [0.1, 0.15) is 36.5 Å². The molecule has 0 radical (unpaired) electrons. The number of nitrogens with one attached hydrogen (secondary N) is 2. The summed E-state index contributed by atoms with van der Waals surface area (Å²) in [5, 5.41) is 8.19. The topological polar surface area (TPSA) is 53.5 Å². The fraction of sp³-hybridized carbons (Fsp3) is 0.385. The van der Waals surface area contributed by atoms with Crippen molar-refractivity contribution < 1.29 is 4.79 Å². The summed E-state index contributed by atoms with van der Waals surface area (Å²) in [7, 11) is 0. The van der Waals surface area contributed by atoms with E-state index in [9.17, 15) is 4.79 Å². The maximum Gasteiger partial charge on any atom is 0.258 e. The molecular weight excluding hydrogens is 282 g/mol. The summed E-state index contributed by atoms with van der Waals surface area (Å²) >= 11 is 7.52. The largest absolute Gasteiger partial charge is 0.300 e. The highest BCUT2D eigenvalue weighted by Crippen LogP contribution is 2.21. The van der Waals surface area contributed by atoms with E-state index in [1.807, 2.05) is 0 Å². The minimum Gasteiger partial charge on any atom is -0.300 e. The zero-order valence-electron chi connectivity index (χ0n) is 10.6. The SMILES string of the molecule is CCCCC1NN=C(NC(=O)c2ccccc2Cl)S1. The van der Waals surface area contributed by atoms with E-state index in [0.29, 0.717) is 15.8 Å². The highest BCUT2D eigenvalue weighted by atomic mass is 35.5. The van der Waals surface area contributed by atoms with Gasteiger partial charge in [0.2, 0.25) is 0 Å². The standard InChI is InChI=1S/C13H16ClN3OS/c1-2-3-8-11-16-17-13(19-11)15-12(18)9-6-4-5-7-10(9)14/h4-7,11,16H,2-3,8H2,1H3,(H,15,17,18). The van der Waals surface area contributed by atoms with Crippen LogP contribution in [0.3, 0.4) is 0 Å². The summed E-state index contributed by atoms with van der Waals surface area (Å²) < 4.78 is 0. The minimum absolute atomic E-state index is 0.227. The van der Waals surface area contributed by atoms with Crippen molar-refractivity contribution in [2.45, 2.75) is 31.6 Å². The molecule has 1 amide bonds. The fourth-order valence-electron chi connectivity index (χ4n) is 1.70. The Morgan fingerprint density at radius 2 is 2.32 bits per heavy atom. The third kappa shape index (κ3) is 3.88. The Labute approximate surface area is 122 Å². The maximum atomic E-state index is 12.0. The molecule has 0 spiro atoms. The average Bonchev–Trinajstić information content (AvgIpc) is 2.84. The third-order valence-corrected chi connectivity index (χ3v) is 4.09. The van der Waals surface area contributed by atoms with Crippen LogP contribution in [0.25, 0.3) is 0 Å². The molecule has 0 saturated heterocycles. The Kier molecular flexibility index (Phi) is 5.10. The van der Waals surface area contributed by atoms with E-state index >= 15 is 0 Å². The molecule has 2 N–H and O–H groups in total. The van der Waals surface area contributed by atoms with Crippen LogP contribution in [0.2, 0.25) is 5.02 Å². The summed E-state index contributed by atoms with van der Waals surface area (Å²) in [5.74, 6) is -0.227. The van der Waals surface area contributed by atoms with Gasteiger partial charge < -0.3 is 0 Å². The van der Waals surface area contributed by atoms with E-state index < -0.39 is 0 Å². The van der Waals surface area contributed by atoms with Gasteiger partial charge in [0.25, 0.3) is 5.91 Å². The third-order valence-electron chi connectivity index (χ3n) is 2.72. The number of halogens is 1. The van der Waals surface area contributed by atoms with Gasteiger partial charge in [0.1, 0.15) is 0 Å². The van der Waals surface area contributed by atoms with Gasteiger partial charge in [-0.25, -0.2) is 0 Å². The minimum atomic E-state index is -0.227. The van der Waals surface area contributed by atoms with Crippen LogP contribution in [-0.4, -0.2) is 16.4 Å². The van der Waals surface area contributed by atoms with E-state index in [1.165, 1.54) is 0 Å². The van der Waals surface area contributed by atoms with Crippen molar-refractivity contribution >= 4 is 34.4 Å². The molecular formula is C13H16ClN3OS. The number of benzene rings is 1. The van der Waals surface area contributed by atoms with Gasteiger partial charge in [-0.05, 0) is 18.6 Å². The van der Waals surface area contributed by atoms with Crippen LogP contribution >= 0.6 is 23.4 Å². The molecule has 0 aromatic heterocycles. The molecule has 6 heteroatoms. The molecule has 1 aliphatic rings. The highest BCUT2D eigenvalue weighted by Gasteiger charge is 2.21. The van der Waals surface area contributed by atoms with Gasteiger partial charge in [0, 0.05) is 0 Å². The van der Waals surface area contributed by atoms with Crippen LogP contribution < -0.4 is 10.7 Å². The van der Waals surface area contributed by atoms with Crippen molar-refractivity contribution in [3.05, 3.63) is 34.9 Å². The quantitative estimate of drug-likeness (QED) is 0.897. The van der Waals surface area contributed by atoms with Crippen molar-refractivity contribution in [2.75, 3.05) is 0 Å². The molecule has 1 aromatic carbocycles. The van der Waals surface area contributed by atoms with Gasteiger partial charge in [-0.2, -0.15) is 5.10 Å². The molecule has 1 atom stereocenters. The number of carbonyl (C=O) groups is 1. The van der Waals surface area contributed by atoms with E-state index in [2.05, 4.69) is 22.8 Å². The second-order valence-corrected chi connectivity index (χ2v) is 5.83. The lowest BCUT2D eigenvalue weighted by atomic mass is 10.2. The summed E-state index contributed by atoms with van der Waals surface area (Å²) in [6, 6.07) is 6.97. The molecule has 0 bridgehead atoms. The van der Waals surface area contributed by atoms with Crippen LogP contribution in [-0.2, 0) is 0 Å². The lowest BCUT2D eigenvalue weighted by molar-refractivity contribution is 0.0978. The normalized spacial score (nSPS) is 17.8. The van der Waals surface area contributed by atoms with Crippen LogP contribution in [0.5, 0.6) is 0 Å². The van der Waals surface area contributed by atoms with Crippen molar-refractivity contribution in [3.8, 4) is 0 Å². The van der Waals surface area contributed by atoms with Crippen LogP contribution in [0.4, 0.5) is 0 Å². The molecule has 1 aliphatic heterocycles. The lowest BCUT2D eigenvalue weighted by Crippen LogP contribution is -2.27. The monoisotopic (exact) mass is 297 g/mol. The molecule has 1 unspecified atom stereocenters. The van der Waals surface area contributed by atoms with E-state index in [0.717, 1.165) is 19.3 Å². The molecule has 4 nitrogen and oxygen atoms in total. The second-order valence-electron chi connectivity index (χ2n) is 4.23. The van der Waals surface area contributed by atoms with Crippen LogP contribution in [0.15, 0.2) is 29.4 Å². The van der Waals surface area contributed by atoms with Gasteiger partial charge in [0.15, 0.2) is 5.17 Å². The number of carbonyl (C=O) groups excluding carboxylic acids is 1. The Morgan fingerprint density at radius 1 is 1.53 bits per heavy atom. The van der Waals surface area contributed by atoms with E-state index in [4.69, 9.17) is 11.6 Å². The number of amides is 1.